The van der Waals surface area contributed by atoms with E-state index >= 15 is 0 Å². The lowest BCUT2D eigenvalue weighted by Gasteiger charge is -2.20. The minimum atomic E-state index is -4.77. The van der Waals surface area contributed by atoms with Crippen molar-refractivity contribution in [3.63, 3.8) is 0 Å². The van der Waals surface area contributed by atoms with Crippen LogP contribution in [0.25, 0.3) is 11.1 Å². The number of alkyl halides is 3. The van der Waals surface area contributed by atoms with Crippen molar-refractivity contribution in [3.8, 4) is 16.9 Å². The van der Waals surface area contributed by atoms with Gasteiger partial charge in [0.1, 0.15) is 17.1 Å². The van der Waals surface area contributed by atoms with Crippen LogP contribution in [0.1, 0.15) is 34.8 Å². The third-order valence-electron chi connectivity index (χ3n) is 7.09. The molecule has 1 unspecified atom stereocenters. The van der Waals surface area contributed by atoms with Crippen LogP contribution in [0.15, 0.2) is 55.0 Å². The molecule has 0 fully saturated rings. The highest BCUT2D eigenvalue weighted by Gasteiger charge is 2.36. The number of aromatic nitrogens is 4. The molecule has 4 aliphatic heterocycles. The summed E-state index contributed by atoms with van der Waals surface area (Å²) in [6.45, 7) is 3.62. The molecule has 2 aromatic carbocycles. The predicted octanol–water partition coefficient (Wildman–Crippen LogP) is 6.87. The fourth-order valence-corrected chi connectivity index (χ4v) is 6.40. The van der Waals surface area contributed by atoms with E-state index in [9.17, 15) is 18.0 Å². The number of nitrogens with one attached hydrogen (secondary N) is 2. The molecule has 6 heterocycles. The maximum Gasteiger partial charge on any atom is 0.421 e. The van der Waals surface area contributed by atoms with Crippen molar-refractivity contribution in [2.75, 3.05) is 51.4 Å². The number of carbonyl (C=O) groups excluding carboxylic acids is 1. The molecule has 1 amide bonds. The Morgan fingerprint density at radius 1 is 1.11 bits per heavy atom. The van der Waals surface area contributed by atoms with Gasteiger partial charge in [-0.05, 0) is 48.7 Å². The van der Waals surface area contributed by atoms with E-state index in [-0.39, 0.29) is 17.2 Å². The molecule has 11 nitrogen and oxygen atoms in total. The number of rotatable bonds is 5. The average molecular weight is 658 g/mol. The standard InChI is InChI=1S/C31H35F3N7O4P/c1-5-44-19-46-18-20-7-9-26(27(13-20)43-4)38-30-35-16-24(31(32,33)34)28(39-30)37-25-10-8-21(14-23(25)29(42)40(2)3)22-15-36-41(17-22)11-6-12-45-46/h7-10,13-17H,5-6,11-12,18-19H2,1-4H3,(H2,35,37,38,39). The Morgan fingerprint density at radius 3 is 2.65 bits per heavy atom. The van der Waals surface area contributed by atoms with Gasteiger partial charge in [0.05, 0.1) is 51.3 Å². The monoisotopic (exact) mass is 657 g/mol. The van der Waals surface area contributed by atoms with Crippen molar-refractivity contribution in [1.29, 1.82) is 0 Å². The number of anilines is 4. The SMILES string of the molecule is CCOCP1Cc2ccc(c(OC)c2)Nc2ncc(C(F)(F)F)c(n2)Nc2ccc(cc2C(=O)N(C)C)-c2cnn(c2)CCCO1. The Bertz CT molecular complexity index is 1680. The highest BCUT2D eigenvalue weighted by molar-refractivity contribution is 7.51. The molecule has 1 atom stereocenters. The van der Waals surface area contributed by atoms with Crippen molar-refractivity contribution in [3.05, 3.63) is 71.7 Å². The summed E-state index contributed by atoms with van der Waals surface area (Å²) in [5.41, 5.74) is 2.05. The Hall–Kier alpha value is -4.26. The lowest BCUT2D eigenvalue weighted by Crippen LogP contribution is -2.23. The van der Waals surface area contributed by atoms with Crippen LogP contribution < -0.4 is 15.4 Å². The largest absolute Gasteiger partial charge is 0.495 e. The summed E-state index contributed by atoms with van der Waals surface area (Å²) in [7, 11) is 3.68. The van der Waals surface area contributed by atoms with E-state index in [4.69, 9.17) is 14.0 Å². The fourth-order valence-electron chi connectivity index (χ4n) is 4.76. The van der Waals surface area contributed by atoms with E-state index < -0.39 is 31.6 Å². The lowest BCUT2D eigenvalue weighted by molar-refractivity contribution is -0.137. The molecule has 8 rings (SSSR count). The van der Waals surface area contributed by atoms with Crippen LogP contribution in [-0.4, -0.2) is 71.3 Å². The molecule has 8 bridgehead atoms. The van der Waals surface area contributed by atoms with Crippen LogP contribution in [0.3, 0.4) is 0 Å². The average Bonchev–Trinajstić information content (AvgIpc) is 3.50. The van der Waals surface area contributed by atoms with Crippen LogP contribution in [0.4, 0.5) is 36.3 Å². The molecular weight excluding hydrogens is 622 g/mol. The number of amides is 1. The third kappa shape index (κ3) is 7.93. The van der Waals surface area contributed by atoms with Gasteiger partial charge in [0.2, 0.25) is 5.95 Å². The van der Waals surface area contributed by atoms with E-state index in [2.05, 4.69) is 25.7 Å². The number of halogens is 3. The predicted molar refractivity (Wildman–Crippen MR) is 170 cm³/mol. The van der Waals surface area contributed by atoms with Gasteiger partial charge in [-0.1, -0.05) is 12.1 Å². The van der Waals surface area contributed by atoms with Crippen LogP contribution in [0, 0.1) is 0 Å². The summed E-state index contributed by atoms with van der Waals surface area (Å²) in [4.78, 5) is 22.8. The number of methoxy groups -OCH3 is 1. The Labute approximate surface area is 265 Å². The van der Waals surface area contributed by atoms with Crippen molar-refractivity contribution in [2.24, 2.45) is 0 Å². The number of aryl methyl sites for hydroxylation is 1. The summed E-state index contributed by atoms with van der Waals surface area (Å²) < 4.78 is 61.8. The molecule has 15 heteroatoms. The summed E-state index contributed by atoms with van der Waals surface area (Å²) in [6, 6.07) is 10.4. The molecule has 0 aliphatic carbocycles. The zero-order chi connectivity index (χ0) is 32.8. The second-order valence-electron chi connectivity index (χ2n) is 10.6. The van der Waals surface area contributed by atoms with Gasteiger partial charge in [0.25, 0.3) is 5.91 Å². The topological polar surface area (TPSA) is 116 Å². The molecule has 4 aliphatic rings. The first-order valence-electron chi connectivity index (χ1n) is 14.5. The van der Waals surface area contributed by atoms with Crippen molar-refractivity contribution >= 4 is 37.2 Å². The molecule has 244 valence electrons. The molecule has 0 spiro atoms. The maximum atomic E-state index is 14.1. The zero-order valence-corrected chi connectivity index (χ0v) is 26.8. The van der Waals surface area contributed by atoms with E-state index in [1.165, 1.54) is 12.0 Å². The lowest BCUT2D eigenvalue weighted by atomic mass is 10.0. The number of nitrogens with zero attached hydrogens (tertiary/aromatic N) is 5. The van der Waals surface area contributed by atoms with E-state index in [0.29, 0.717) is 61.9 Å². The van der Waals surface area contributed by atoms with Crippen molar-refractivity contribution < 1.29 is 32.0 Å². The Balaban J connectivity index is 1.60. The van der Waals surface area contributed by atoms with Crippen LogP contribution in [-0.2, 0) is 28.1 Å². The Kier molecular flexibility index (Phi) is 10.4. The fraction of sp³-hybridized carbons (Fsp3) is 0.355. The minimum Gasteiger partial charge on any atom is -0.495 e. The van der Waals surface area contributed by atoms with E-state index in [1.54, 1.807) is 49.2 Å². The maximum absolute atomic E-state index is 14.1. The number of hydrogen-bond acceptors (Lipinski definition) is 9. The van der Waals surface area contributed by atoms with Crippen molar-refractivity contribution in [2.45, 2.75) is 32.2 Å². The molecule has 2 aromatic heterocycles. The number of benzene rings is 2. The van der Waals surface area contributed by atoms with Crippen molar-refractivity contribution in [1.82, 2.24) is 24.6 Å². The normalized spacial score (nSPS) is 15.3. The summed E-state index contributed by atoms with van der Waals surface area (Å²) in [6.07, 6.45) is 1.28. The van der Waals surface area contributed by atoms with Gasteiger partial charge < -0.3 is 29.5 Å². The number of hydrogen-bond donors (Lipinski definition) is 2. The van der Waals surface area contributed by atoms with Crippen LogP contribution in [0.5, 0.6) is 5.75 Å². The molecule has 4 aromatic rings. The first-order chi connectivity index (χ1) is 22.0. The van der Waals surface area contributed by atoms with Gasteiger partial charge in [0, 0.05) is 51.4 Å². The molecule has 2 N–H and O–H groups in total. The highest BCUT2D eigenvalue weighted by Crippen LogP contribution is 2.43. The van der Waals surface area contributed by atoms with Gasteiger partial charge in [-0.25, -0.2) is 4.98 Å². The van der Waals surface area contributed by atoms with Crippen LogP contribution in [0.2, 0.25) is 0 Å². The third-order valence-corrected chi connectivity index (χ3v) is 8.82. The highest BCUT2D eigenvalue weighted by atomic mass is 31.1. The summed E-state index contributed by atoms with van der Waals surface area (Å²) in [5, 5.41) is 10.2. The van der Waals surface area contributed by atoms with Gasteiger partial charge in [-0.3, -0.25) is 9.48 Å². The molecular formula is C31H35F3N7O4P. The summed E-state index contributed by atoms with van der Waals surface area (Å²) >= 11 is 0. The molecule has 0 radical (unpaired) electrons. The second kappa shape index (κ2) is 14.4. The van der Waals surface area contributed by atoms with Gasteiger partial charge >= 0.3 is 6.18 Å². The number of ether oxygens (including phenoxy) is 2. The molecule has 46 heavy (non-hydrogen) atoms. The smallest absolute Gasteiger partial charge is 0.421 e. The van der Waals surface area contributed by atoms with E-state index in [1.807, 2.05) is 25.3 Å². The zero-order valence-electron chi connectivity index (χ0n) is 25.9. The second-order valence-corrected chi connectivity index (χ2v) is 12.4. The number of carbonyl (C=O) groups is 1. The van der Waals surface area contributed by atoms with E-state index in [0.717, 1.165) is 11.1 Å². The first kappa shape index (κ1) is 33.1. The van der Waals surface area contributed by atoms with Gasteiger partial charge in [0.15, 0.2) is 0 Å². The first-order valence-corrected chi connectivity index (χ1v) is 16.2. The molecule has 0 saturated carbocycles. The summed E-state index contributed by atoms with van der Waals surface area (Å²) in [5.74, 6) is -0.574. The quantitative estimate of drug-likeness (QED) is 0.222. The minimum absolute atomic E-state index is 0.102. The van der Waals surface area contributed by atoms with Crippen LogP contribution >= 0.6 is 8.15 Å². The van der Waals surface area contributed by atoms with Gasteiger partial charge in [-0.2, -0.15) is 23.3 Å². The Morgan fingerprint density at radius 2 is 1.91 bits per heavy atom. The van der Waals surface area contributed by atoms with Gasteiger partial charge in [-0.15, -0.1) is 0 Å². The molecule has 0 saturated heterocycles.